The van der Waals surface area contributed by atoms with Gasteiger partial charge in [0, 0.05) is 35.4 Å². The SMILES string of the molecule is CCCCC(CC)CSCCCNC(=O)Nc1ccc2c(c1)N(C(C)C)C(C)C2(C)C. The maximum absolute atomic E-state index is 12.4. The van der Waals surface area contributed by atoms with Crippen LogP contribution >= 0.6 is 11.8 Å². The fourth-order valence-corrected chi connectivity index (χ4v) is 5.83. The zero-order chi connectivity index (χ0) is 23.0. The normalized spacial score (nSPS) is 18.2. The Morgan fingerprint density at radius 2 is 1.97 bits per heavy atom. The van der Waals surface area contributed by atoms with E-state index in [4.69, 9.17) is 0 Å². The summed E-state index contributed by atoms with van der Waals surface area (Å²) in [6, 6.07) is 7.10. The number of thioether (sulfide) groups is 1. The number of benzene rings is 1. The number of fused-ring (bicyclic) bond motifs is 1. The molecule has 0 radical (unpaired) electrons. The summed E-state index contributed by atoms with van der Waals surface area (Å²) in [5.74, 6) is 3.20. The standard InChI is InChI=1S/C26H45N3OS/c1-8-10-12-21(9-2)18-31-16-11-15-27-25(30)28-22-13-14-23-24(17-22)29(19(3)4)20(5)26(23,6)7/h13-14,17,19-21H,8-12,15-16,18H2,1-7H3,(H2,27,28,30). The summed E-state index contributed by atoms with van der Waals surface area (Å²) in [6.07, 6.45) is 6.27. The summed E-state index contributed by atoms with van der Waals surface area (Å²) in [5, 5.41) is 6.05. The summed E-state index contributed by atoms with van der Waals surface area (Å²) in [5.41, 5.74) is 3.57. The van der Waals surface area contributed by atoms with Crippen LogP contribution in [0.3, 0.4) is 0 Å². The number of urea groups is 1. The van der Waals surface area contributed by atoms with Crippen LogP contribution in [0, 0.1) is 5.92 Å². The molecule has 4 nitrogen and oxygen atoms in total. The molecule has 0 saturated carbocycles. The molecule has 0 bridgehead atoms. The van der Waals surface area contributed by atoms with Gasteiger partial charge in [0.25, 0.3) is 0 Å². The van der Waals surface area contributed by atoms with Gasteiger partial charge in [0.15, 0.2) is 0 Å². The fraction of sp³-hybridized carbons (Fsp3) is 0.731. The van der Waals surface area contributed by atoms with E-state index in [1.165, 1.54) is 42.7 Å². The van der Waals surface area contributed by atoms with E-state index in [0.29, 0.717) is 12.1 Å². The van der Waals surface area contributed by atoms with Crippen LogP contribution in [0.1, 0.15) is 86.1 Å². The van der Waals surface area contributed by atoms with E-state index in [1.54, 1.807) is 0 Å². The molecule has 1 aromatic carbocycles. The molecule has 1 heterocycles. The van der Waals surface area contributed by atoms with Gasteiger partial charge in [-0.3, -0.25) is 0 Å². The predicted octanol–water partition coefficient (Wildman–Crippen LogP) is 7.04. The van der Waals surface area contributed by atoms with E-state index in [-0.39, 0.29) is 11.4 Å². The van der Waals surface area contributed by atoms with Crippen LogP contribution in [0.15, 0.2) is 18.2 Å². The Balaban J connectivity index is 1.78. The van der Waals surface area contributed by atoms with Crippen LogP contribution in [-0.2, 0) is 5.41 Å². The molecule has 0 aromatic heterocycles. The zero-order valence-corrected chi connectivity index (χ0v) is 21.7. The molecule has 0 saturated heterocycles. The highest BCUT2D eigenvalue weighted by Gasteiger charge is 2.42. The van der Waals surface area contributed by atoms with Crippen LogP contribution in [0.25, 0.3) is 0 Å². The Morgan fingerprint density at radius 3 is 2.61 bits per heavy atom. The quantitative estimate of drug-likeness (QED) is 0.338. The number of rotatable bonds is 12. The van der Waals surface area contributed by atoms with Crippen molar-refractivity contribution in [2.75, 3.05) is 28.3 Å². The topological polar surface area (TPSA) is 44.4 Å². The summed E-state index contributed by atoms with van der Waals surface area (Å²) in [7, 11) is 0. The zero-order valence-electron chi connectivity index (χ0n) is 20.9. The van der Waals surface area contributed by atoms with Gasteiger partial charge < -0.3 is 15.5 Å². The number of nitrogens with zero attached hydrogens (tertiary/aromatic N) is 1. The summed E-state index contributed by atoms with van der Waals surface area (Å²) in [4.78, 5) is 14.9. The van der Waals surface area contributed by atoms with Gasteiger partial charge in [0.1, 0.15) is 0 Å². The molecular formula is C26H45N3OS. The molecule has 2 atom stereocenters. The van der Waals surface area contributed by atoms with Gasteiger partial charge >= 0.3 is 6.03 Å². The summed E-state index contributed by atoms with van der Waals surface area (Å²) in [6.45, 7) is 16.7. The number of carbonyl (C=O) groups excluding carboxylic acids is 1. The number of hydrogen-bond donors (Lipinski definition) is 2. The van der Waals surface area contributed by atoms with Gasteiger partial charge in [0.05, 0.1) is 0 Å². The van der Waals surface area contributed by atoms with E-state index in [1.807, 2.05) is 17.8 Å². The summed E-state index contributed by atoms with van der Waals surface area (Å²) < 4.78 is 0. The molecule has 2 N–H and O–H groups in total. The second-order valence-electron chi connectivity index (χ2n) is 9.86. The lowest BCUT2D eigenvalue weighted by Gasteiger charge is -2.34. The third kappa shape index (κ3) is 6.81. The first-order chi connectivity index (χ1) is 14.7. The van der Waals surface area contributed by atoms with Crippen molar-refractivity contribution < 1.29 is 4.79 Å². The Labute approximate surface area is 195 Å². The highest BCUT2D eigenvalue weighted by Crippen LogP contribution is 2.46. The average molecular weight is 448 g/mol. The van der Waals surface area contributed by atoms with E-state index >= 15 is 0 Å². The maximum atomic E-state index is 12.4. The lowest BCUT2D eigenvalue weighted by Crippen LogP contribution is -2.42. The number of carbonyl (C=O) groups is 1. The predicted molar refractivity (Wildman–Crippen MR) is 139 cm³/mol. The van der Waals surface area contributed by atoms with Crippen molar-refractivity contribution in [1.29, 1.82) is 0 Å². The van der Waals surface area contributed by atoms with Crippen LogP contribution < -0.4 is 15.5 Å². The van der Waals surface area contributed by atoms with E-state index in [2.05, 4.69) is 76.1 Å². The molecule has 0 fully saturated rings. The van der Waals surface area contributed by atoms with Crippen LogP contribution in [-0.4, -0.2) is 36.2 Å². The third-order valence-electron chi connectivity index (χ3n) is 6.89. The Kier molecular flexibility index (Phi) is 10.1. The van der Waals surface area contributed by atoms with Gasteiger partial charge in [-0.15, -0.1) is 0 Å². The van der Waals surface area contributed by atoms with E-state index in [9.17, 15) is 4.79 Å². The van der Waals surface area contributed by atoms with Gasteiger partial charge in [-0.05, 0) is 68.7 Å². The van der Waals surface area contributed by atoms with Crippen molar-refractivity contribution in [3.8, 4) is 0 Å². The monoisotopic (exact) mass is 447 g/mol. The molecule has 0 aliphatic carbocycles. The highest BCUT2D eigenvalue weighted by molar-refractivity contribution is 7.99. The first-order valence-electron chi connectivity index (χ1n) is 12.3. The maximum Gasteiger partial charge on any atom is 0.319 e. The lowest BCUT2D eigenvalue weighted by molar-refractivity contribution is 0.252. The molecule has 0 spiro atoms. The van der Waals surface area contributed by atoms with Crippen LogP contribution in [0.5, 0.6) is 0 Å². The van der Waals surface area contributed by atoms with Crippen molar-refractivity contribution in [2.45, 2.75) is 98.1 Å². The Hall–Kier alpha value is -1.36. The smallest absolute Gasteiger partial charge is 0.319 e. The second-order valence-corrected chi connectivity index (χ2v) is 11.0. The number of anilines is 2. The van der Waals surface area contributed by atoms with Gasteiger partial charge in [-0.1, -0.05) is 53.0 Å². The highest BCUT2D eigenvalue weighted by atomic mass is 32.2. The molecular weight excluding hydrogens is 402 g/mol. The van der Waals surface area contributed by atoms with Crippen molar-refractivity contribution in [3.63, 3.8) is 0 Å². The summed E-state index contributed by atoms with van der Waals surface area (Å²) >= 11 is 2.03. The molecule has 2 rings (SSSR count). The second kappa shape index (κ2) is 12.0. The average Bonchev–Trinajstić information content (AvgIpc) is 2.92. The minimum absolute atomic E-state index is 0.103. The van der Waals surface area contributed by atoms with Crippen molar-refractivity contribution in [2.24, 2.45) is 5.92 Å². The van der Waals surface area contributed by atoms with E-state index < -0.39 is 0 Å². The molecule has 1 aliphatic heterocycles. The third-order valence-corrected chi connectivity index (χ3v) is 8.18. The van der Waals surface area contributed by atoms with Crippen molar-refractivity contribution in [3.05, 3.63) is 23.8 Å². The van der Waals surface area contributed by atoms with Gasteiger partial charge in [-0.2, -0.15) is 11.8 Å². The lowest BCUT2D eigenvalue weighted by atomic mass is 9.81. The largest absolute Gasteiger partial charge is 0.365 e. The fourth-order valence-electron chi connectivity index (χ4n) is 4.57. The van der Waals surface area contributed by atoms with Crippen LogP contribution in [0.2, 0.25) is 0 Å². The molecule has 1 aromatic rings. The Bertz CT molecular complexity index is 704. The Morgan fingerprint density at radius 1 is 1.23 bits per heavy atom. The molecule has 176 valence electrons. The first kappa shape index (κ1) is 25.9. The van der Waals surface area contributed by atoms with Crippen molar-refractivity contribution in [1.82, 2.24) is 5.32 Å². The number of amides is 2. The number of nitrogens with one attached hydrogen (secondary N) is 2. The molecule has 2 amide bonds. The molecule has 31 heavy (non-hydrogen) atoms. The minimum atomic E-state index is -0.110. The molecule has 2 unspecified atom stereocenters. The molecule has 1 aliphatic rings. The number of hydrogen-bond acceptors (Lipinski definition) is 3. The van der Waals surface area contributed by atoms with Crippen molar-refractivity contribution >= 4 is 29.2 Å². The molecule has 5 heteroatoms. The minimum Gasteiger partial charge on any atom is -0.365 e. The van der Waals surface area contributed by atoms with E-state index in [0.717, 1.165) is 30.3 Å². The van der Waals surface area contributed by atoms with Gasteiger partial charge in [-0.25, -0.2) is 4.79 Å². The van der Waals surface area contributed by atoms with Gasteiger partial charge in [0.2, 0.25) is 0 Å². The van der Waals surface area contributed by atoms with Crippen LogP contribution in [0.4, 0.5) is 16.2 Å². The number of unbranched alkanes of at least 4 members (excludes halogenated alkanes) is 1. The first-order valence-corrected chi connectivity index (χ1v) is 13.4.